The second kappa shape index (κ2) is 8.28. The van der Waals surface area contributed by atoms with Crippen molar-refractivity contribution in [2.75, 3.05) is 20.1 Å². The van der Waals surface area contributed by atoms with Gasteiger partial charge in [0.25, 0.3) is 0 Å². The summed E-state index contributed by atoms with van der Waals surface area (Å²) in [4.78, 5) is 2.38. The Morgan fingerprint density at radius 1 is 1.22 bits per heavy atom. The first kappa shape index (κ1) is 15.2. The molecule has 0 aromatic heterocycles. The second-order valence-electron chi connectivity index (χ2n) is 5.58. The number of rotatable bonds is 8. The van der Waals surface area contributed by atoms with Gasteiger partial charge < -0.3 is 10.2 Å². The summed E-state index contributed by atoms with van der Waals surface area (Å²) >= 11 is 0. The number of hydrogen-bond donors (Lipinski definition) is 1. The Bertz CT molecular complexity index is 334. The monoisotopic (exact) mass is 248 g/mol. The topological polar surface area (TPSA) is 15.3 Å². The largest absolute Gasteiger partial charge is 0.312 e. The van der Waals surface area contributed by atoms with Crippen LogP contribution in [-0.4, -0.2) is 25.0 Å². The Hall–Kier alpha value is -0.860. The molecule has 1 aromatic carbocycles. The highest BCUT2D eigenvalue weighted by atomic mass is 15.1. The van der Waals surface area contributed by atoms with E-state index < -0.39 is 0 Å². The quantitative estimate of drug-likeness (QED) is 0.759. The Morgan fingerprint density at radius 2 is 1.94 bits per heavy atom. The van der Waals surface area contributed by atoms with Gasteiger partial charge in [-0.25, -0.2) is 0 Å². The van der Waals surface area contributed by atoms with Crippen molar-refractivity contribution in [2.45, 2.75) is 40.3 Å². The van der Waals surface area contributed by atoms with Gasteiger partial charge in [0.15, 0.2) is 0 Å². The van der Waals surface area contributed by atoms with E-state index in [-0.39, 0.29) is 0 Å². The summed E-state index contributed by atoms with van der Waals surface area (Å²) in [6, 6.07) is 8.91. The van der Waals surface area contributed by atoms with Gasteiger partial charge in [-0.15, -0.1) is 0 Å². The molecule has 0 radical (unpaired) electrons. The fraction of sp³-hybridized carbons (Fsp3) is 0.625. The zero-order chi connectivity index (χ0) is 13.4. The molecule has 0 aliphatic rings. The molecule has 102 valence electrons. The van der Waals surface area contributed by atoms with Crippen LogP contribution in [0.2, 0.25) is 0 Å². The molecule has 0 saturated heterocycles. The number of benzene rings is 1. The van der Waals surface area contributed by atoms with Gasteiger partial charge in [-0.1, -0.05) is 45.0 Å². The molecular weight excluding hydrogens is 220 g/mol. The van der Waals surface area contributed by atoms with E-state index in [4.69, 9.17) is 0 Å². The van der Waals surface area contributed by atoms with Crippen molar-refractivity contribution in [3.05, 3.63) is 35.4 Å². The normalized spacial score (nSPS) is 11.4. The Labute approximate surface area is 112 Å². The van der Waals surface area contributed by atoms with E-state index in [9.17, 15) is 0 Å². The summed E-state index contributed by atoms with van der Waals surface area (Å²) in [5.74, 6) is 0.712. The molecule has 1 N–H and O–H groups in total. The van der Waals surface area contributed by atoms with Crippen LogP contribution in [0.1, 0.15) is 38.3 Å². The molecule has 0 spiro atoms. The van der Waals surface area contributed by atoms with Crippen molar-refractivity contribution < 1.29 is 0 Å². The molecule has 0 saturated carbocycles. The zero-order valence-corrected chi connectivity index (χ0v) is 12.4. The average molecular weight is 248 g/mol. The average Bonchev–Trinajstić information content (AvgIpc) is 2.29. The lowest BCUT2D eigenvalue weighted by Gasteiger charge is -2.16. The van der Waals surface area contributed by atoms with Crippen molar-refractivity contribution in [3.63, 3.8) is 0 Å². The van der Waals surface area contributed by atoms with Crippen molar-refractivity contribution in [2.24, 2.45) is 5.92 Å². The lowest BCUT2D eigenvalue weighted by molar-refractivity contribution is 0.327. The summed E-state index contributed by atoms with van der Waals surface area (Å²) in [6.45, 7) is 11.0. The Morgan fingerprint density at radius 3 is 2.61 bits per heavy atom. The Kier molecular flexibility index (Phi) is 6.99. The van der Waals surface area contributed by atoms with E-state index in [1.165, 1.54) is 17.5 Å². The summed E-state index contributed by atoms with van der Waals surface area (Å²) in [6.07, 6.45) is 1.21. The summed E-state index contributed by atoms with van der Waals surface area (Å²) in [5.41, 5.74) is 2.80. The molecule has 2 heteroatoms. The van der Waals surface area contributed by atoms with Gasteiger partial charge in [0.05, 0.1) is 0 Å². The molecule has 0 unspecified atom stereocenters. The van der Waals surface area contributed by atoms with E-state index in [0.29, 0.717) is 5.92 Å². The minimum atomic E-state index is 0.712. The van der Waals surface area contributed by atoms with Gasteiger partial charge in [0.1, 0.15) is 0 Å². The van der Waals surface area contributed by atoms with Crippen molar-refractivity contribution in [3.8, 4) is 0 Å². The van der Waals surface area contributed by atoms with E-state index in [1.54, 1.807) is 0 Å². The van der Waals surface area contributed by atoms with Crippen LogP contribution in [0.4, 0.5) is 0 Å². The van der Waals surface area contributed by atoms with Crippen LogP contribution >= 0.6 is 0 Å². The van der Waals surface area contributed by atoms with Crippen LogP contribution in [0.5, 0.6) is 0 Å². The third-order valence-corrected chi connectivity index (χ3v) is 2.93. The molecule has 1 rings (SSSR count). The van der Waals surface area contributed by atoms with Crippen LogP contribution in [0, 0.1) is 5.92 Å². The molecule has 0 amide bonds. The van der Waals surface area contributed by atoms with Gasteiger partial charge in [0, 0.05) is 13.1 Å². The predicted octanol–water partition coefficient (Wildman–Crippen LogP) is 3.27. The molecular formula is C16H28N2. The third kappa shape index (κ3) is 6.18. The zero-order valence-electron chi connectivity index (χ0n) is 12.4. The molecule has 0 heterocycles. The molecule has 0 atom stereocenters. The minimum absolute atomic E-state index is 0.712. The summed E-state index contributed by atoms with van der Waals surface area (Å²) in [5, 5.41) is 3.49. The van der Waals surface area contributed by atoms with Gasteiger partial charge in [-0.05, 0) is 43.6 Å². The van der Waals surface area contributed by atoms with E-state index >= 15 is 0 Å². The smallest absolute Gasteiger partial charge is 0.0230 e. The van der Waals surface area contributed by atoms with Gasteiger partial charge >= 0.3 is 0 Å². The molecule has 0 fully saturated rings. The van der Waals surface area contributed by atoms with Crippen LogP contribution in [0.3, 0.4) is 0 Å². The number of nitrogens with zero attached hydrogens (tertiary/aromatic N) is 1. The summed E-state index contributed by atoms with van der Waals surface area (Å²) in [7, 11) is 2.19. The molecule has 1 aromatic rings. The number of nitrogens with one attached hydrogen (secondary N) is 1. The first-order chi connectivity index (χ1) is 8.61. The Balaban J connectivity index is 2.46. The van der Waals surface area contributed by atoms with Crippen molar-refractivity contribution in [1.82, 2.24) is 10.2 Å². The molecule has 2 nitrogen and oxygen atoms in total. The van der Waals surface area contributed by atoms with Crippen molar-refractivity contribution >= 4 is 0 Å². The van der Waals surface area contributed by atoms with Crippen LogP contribution < -0.4 is 5.32 Å². The first-order valence-corrected chi connectivity index (χ1v) is 7.09. The fourth-order valence-electron chi connectivity index (χ4n) is 2.12. The highest BCUT2D eigenvalue weighted by Gasteiger charge is 2.01. The molecule has 0 aliphatic carbocycles. The molecule has 18 heavy (non-hydrogen) atoms. The lowest BCUT2D eigenvalue weighted by atomic mass is 10.1. The van der Waals surface area contributed by atoms with E-state index in [2.05, 4.69) is 62.3 Å². The maximum Gasteiger partial charge on any atom is 0.0230 e. The van der Waals surface area contributed by atoms with Crippen molar-refractivity contribution in [1.29, 1.82) is 0 Å². The summed E-state index contributed by atoms with van der Waals surface area (Å²) < 4.78 is 0. The van der Waals surface area contributed by atoms with E-state index in [0.717, 1.165) is 26.2 Å². The molecule has 0 bridgehead atoms. The number of hydrogen-bond acceptors (Lipinski definition) is 2. The fourth-order valence-corrected chi connectivity index (χ4v) is 2.12. The maximum atomic E-state index is 3.49. The predicted molar refractivity (Wildman–Crippen MR) is 79.6 cm³/mol. The maximum absolute atomic E-state index is 3.49. The van der Waals surface area contributed by atoms with E-state index in [1.807, 2.05) is 0 Å². The van der Waals surface area contributed by atoms with Crippen LogP contribution in [-0.2, 0) is 13.1 Å². The van der Waals surface area contributed by atoms with Crippen LogP contribution in [0.15, 0.2) is 24.3 Å². The highest BCUT2D eigenvalue weighted by molar-refractivity contribution is 5.23. The second-order valence-corrected chi connectivity index (χ2v) is 5.58. The van der Waals surface area contributed by atoms with Gasteiger partial charge in [-0.2, -0.15) is 0 Å². The highest BCUT2D eigenvalue weighted by Crippen LogP contribution is 2.08. The van der Waals surface area contributed by atoms with Crippen LogP contribution in [0.25, 0.3) is 0 Å². The standard InChI is InChI=1S/C16H28N2/c1-5-9-18(4)13-16-8-6-7-15(10-16)12-17-11-14(2)3/h6-8,10,14,17H,5,9,11-13H2,1-4H3. The first-order valence-electron chi connectivity index (χ1n) is 7.09. The molecule has 0 aliphatic heterocycles. The SMILES string of the molecule is CCCN(C)Cc1cccc(CNCC(C)C)c1. The third-order valence-electron chi connectivity index (χ3n) is 2.93. The lowest BCUT2D eigenvalue weighted by Crippen LogP contribution is -2.20. The minimum Gasteiger partial charge on any atom is -0.312 e. The van der Waals surface area contributed by atoms with Gasteiger partial charge in [-0.3, -0.25) is 0 Å². The van der Waals surface area contributed by atoms with Gasteiger partial charge in [0.2, 0.25) is 0 Å².